The molecule has 0 unspecified atom stereocenters. The maximum absolute atomic E-state index is 4.57. The van der Waals surface area contributed by atoms with Crippen LogP contribution in [0.25, 0.3) is 5.65 Å². The Balaban J connectivity index is 1.58. The van der Waals surface area contributed by atoms with Gasteiger partial charge in [0.25, 0.3) is 0 Å². The highest BCUT2D eigenvalue weighted by Gasteiger charge is 2.16. The first-order valence-electron chi connectivity index (χ1n) is 7.62. The van der Waals surface area contributed by atoms with E-state index in [1.165, 1.54) is 18.4 Å². The van der Waals surface area contributed by atoms with Crippen LogP contribution in [0.1, 0.15) is 18.4 Å². The number of nitrogens with zero attached hydrogens (tertiary/aromatic N) is 5. The molecule has 0 aliphatic carbocycles. The summed E-state index contributed by atoms with van der Waals surface area (Å²) in [5.74, 6) is 1.88. The van der Waals surface area contributed by atoms with E-state index in [1.54, 1.807) is 12.4 Å². The quantitative estimate of drug-likeness (QED) is 0.800. The van der Waals surface area contributed by atoms with Crippen LogP contribution in [0.15, 0.2) is 43.1 Å². The van der Waals surface area contributed by atoms with Gasteiger partial charge < -0.3 is 14.6 Å². The molecule has 6 heteroatoms. The summed E-state index contributed by atoms with van der Waals surface area (Å²) < 4.78 is 1.96. The van der Waals surface area contributed by atoms with Gasteiger partial charge in [0.1, 0.15) is 5.82 Å². The summed E-state index contributed by atoms with van der Waals surface area (Å²) in [6, 6.07) is 4.11. The van der Waals surface area contributed by atoms with Crippen molar-refractivity contribution in [3.63, 3.8) is 0 Å². The van der Waals surface area contributed by atoms with Gasteiger partial charge in [-0.2, -0.15) is 0 Å². The zero-order chi connectivity index (χ0) is 14.8. The molecule has 1 aliphatic rings. The second-order valence-electron chi connectivity index (χ2n) is 5.47. The molecule has 4 rings (SSSR count). The highest BCUT2D eigenvalue weighted by molar-refractivity contribution is 5.62. The van der Waals surface area contributed by atoms with E-state index in [4.69, 9.17) is 0 Å². The molecule has 0 spiro atoms. The maximum atomic E-state index is 4.57. The molecule has 3 aromatic heterocycles. The van der Waals surface area contributed by atoms with Crippen LogP contribution >= 0.6 is 0 Å². The molecule has 1 aliphatic heterocycles. The molecule has 0 atom stereocenters. The van der Waals surface area contributed by atoms with E-state index in [0.29, 0.717) is 6.54 Å². The van der Waals surface area contributed by atoms with Gasteiger partial charge in [0, 0.05) is 56.2 Å². The number of aromatic nitrogens is 4. The number of hydrogen-bond donors (Lipinski definition) is 1. The molecule has 0 radical (unpaired) electrons. The van der Waals surface area contributed by atoms with Gasteiger partial charge in [-0.25, -0.2) is 15.0 Å². The van der Waals surface area contributed by atoms with Crippen LogP contribution in [-0.4, -0.2) is 32.4 Å². The van der Waals surface area contributed by atoms with Crippen molar-refractivity contribution in [2.45, 2.75) is 19.4 Å². The molecule has 6 nitrogen and oxygen atoms in total. The first-order valence-corrected chi connectivity index (χ1v) is 7.62. The van der Waals surface area contributed by atoms with E-state index < -0.39 is 0 Å². The van der Waals surface area contributed by atoms with Gasteiger partial charge in [0.15, 0.2) is 11.5 Å². The number of hydrogen-bond acceptors (Lipinski definition) is 5. The summed E-state index contributed by atoms with van der Waals surface area (Å²) in [6.45, 7) is 2.88. The number of fused-ring (bicyclic) bond motifs is 1. The van der Waals surface area contributed by atoms with Gasteiger partial charge in [-0.1, -0.05) is 6.07 Å². The molecule has 0 amide bonds. The van der Waals surface area contributed by atoms with Crippen LogP contribution in [0.4, 0.5) is 11.6 Å². The minimum Gasteiger partial charge on any atom is -0.363 e. The predicted molar refractivity (Wildman–Crippen MR) is 86.0 cm³/mol. The first kappa shape index (κ1) is 13.1. The second-order valence-corrected chi connectivity index (χ2v) is 5.47. The summed E-state index contributed by atoms with van der Waals surface area (Å²) in [4.78, 5) is 15.7. The van der Waals surface area contributed by atoms with Crippen molar-refractivity contribution in [3.05, 3.63) is 48.7 Å². The first-order chi connectivity index (χ1) is 10.9. The molecule has 1 saturated heterocycles. The fraction of sp³-hybridized carbons (Fsp3) is 0.312. The molecule has 3 aromatic rings. The highest BCUT2D eigenvalue weighted by Crippen LogP contribution is 2.23. The molecule has 0 saturated carbocycles. The van der Waals surface area contributed by atoms with E-state index >= 15 is 0 Å². The van der Waals surface area contributed by atoms with Crippen molar-refractivity contribution in [3.8, 4) is 0 Å². The summed E-state index contributed by atoms with van der Waals surface area (Å²) in [7, 11) is 0. The van der Waals surface area contributed by atoms with Crippen LogP contribution in [0.5, 0.6) is 0 Å². The van der Waals surface area contributed by atoms with E-state index in [-0.39, 0.29) is 0 Å². The topological polar surface area (TPSA) is 58.4 Å². The maximum Gasteiger partial charge on any atom is 0.180 e. The minimum absolute atomic E-state index is 0.694. The molecular weight excluding hydrogens is 276 g/mol. The van der Waals surface area contributed by atoms with Crippen LogP contribution in [0, 0.1) is 0 Å². The van der Waals surface area contributed by atoms with E-state index in [0.717, 1.165) is 30.4 Å². The lowest BCUT2D eigenvalue weighted by Crippen LogP contribution is -2.21. The summed E-state index contributed by atoms with van der Waals surface area (Å²) in [6.07, 6.45) is 11.7. The average Bonchev–Trinajstić information content (AvgIpc) is 3.24. The van der Waals surface area contributed by atoms with Gasteiger partial charge in [0.05, 0.1) is 0 Å². The second kappa shape index (κ2) is 5.63. The van der Waals surface area contributed by atoms with Crippen molar-refractivity contribution < 1.29 is 0 Å². The molecule has 112 valence electrons. The Morgan fingerprint density at radius 2 is 1.82 bits per heavy atom. The third kappa shape index (κ3) is 2.36. The third-order valence-electron chi connectivity index (χ3n) is 4.03. The van der Waals surface area contributed by atoms with Crippen LogP contribution in [0.2, 0.25) is 0 Å². The van der Waals surface area contributed by atoms with E-state index in [9.17, 15) is 0 Å². The number of imidazole rings is 1. The zero-order valence-corrected chi connectivity index (χ0v) is 12.3. The molecule has 0 bridgehead atoms. The zero-order valence-electron chi connectivity index (χ0n) is 12.3. The predicted octanol–water partition coefficient (Wildman–Crippen LogP) is 2.34. The average molecular weight is 294 g/mol. The largest absolute Gasteiger partial charge is 0.363 e. The highest BCUT2D eigenvalue weighted by atomic mass is 15.2. The normalized spacial score (nSPS) is 14.6. The number of rotatable bonds is 4. The molecule has 4 heterocycles. The van der Waals surface area contributed by atoms with Crippen molar-refractivity contribution in [1.29, 1.82) is 0 Å². The fourth-order valence-electron chi connectivity index (χ4n) is 2.94. The Morgan fingerprint density at radius 3 is 2.68 bits per heavy atom. The van der Waals surface area contributed by atoms with Crippen LogP contribution in [-0.2, 0) is 6.54 Å². The monoisotopic (exact) mass is 294 g/mol. The Bertz CT molecular complexity index is 775. The standard InChI is InChI=1S/C16H18N6/c1-2-9-21(8-1)15-13(4-3-5-18-15)12-20-14-16-19-7-11-22(16)10-6-17-14/h3-7,10-11H,1-2,8-9,12H2,(H,17,20). The molecule has 0 aromatic carbocycles. The van der Waals surface area contributed by atoms with Crippen molar-refractivity contribution >= 4 is 17.3 Å². The lowest BCUT2D eigenvalue weighted by Gasteiger charge is -2.20. The lowest BCUT2D eigenvalue weighted by atomic mass is 10.2. The number of anilines is 2. The van der Waals surface area contributed by atoms with Gasteiger partial charge in [-0.15, -0.1) is 0 Å². The molecule has 1 N–H and O–H groups in total. The lowest BCUT2D eigenvalue weighted by molar-refractivity contribution is 0.914. The fourth-order valence-corrected chi connectivity index (χ4v) is 2.94. The van der Waals surface area contributed by atoms with Gasteiger partial charge in [0.2, 0.25) is 0 Å². The van der Waals surface area contributed by atoms with Crippen molar-refractivity contribution in [2.24, 2.45) is 0 Å². The summed E-state index contributed by atoms with van der Waals surface area (Å²) in [5.41, 5.74) is 2.04. The molecular formula is C16H18N6. The Hall–Kier alpha value is -2.63. The molecule has 1 fully saturated rings. The summed E-state index contributed by atoms with van der Waals surface area (Å²) >= 11 is 0. The van der Waals surface area contributed by atoms with Gasteiger partial charge in [-0.05, 0) is 18.9 Å². The van der Waals surface area contributed by atoms with Gasteiger partial charge in [-0.3, -0.25) is 0 Å². The van der Waals surface area contributed by atoms with E-state index in [2.05, 4.69) is 31.2 Å². The van der Waals surface area contributed by atoms with Crippen molar-refractivity contribution in [1.82, 2.24) is 19.4 Å². The Morgan fingerprint density at radius 1 is 1.00 bits per heavy atom. The summed E-state index contributed by atoms with van der Waals surface area (Å²) in [5, 5.41) is 3.39. The third-order valence-corrected chi connectivity index (χ3v) is 4.03. The SMILES string of the molecule is c1cnc(N2CCCC2)c(CNc2nccn3ccnc23)c1. The number of nitrogens with one attached hydrogen (secondary N) is 1. The van der Waals surface area contributed by atoms with Crippen molar-refractivity contribution in [2.75, 3.05) is 23.3 Å². The van der Waals surface area contributed by atoms with E-state index in [1.807, 2.05) is 29.1 Å². The smallest absolute Gasteiger partial charge is 0.180 e. The van der Waals surface area contributed by atoms with Gasteiger partial charge >= 0.3 is 0 Å². The Labute approximate surface area is 128 Å². The van der Waals surface area contributed by atoms with Crippen LogP contribution < -0.4 is 10.2 Å². The minimum atomic E-state index is 0.694. The molecule has 22 heavy (non-hydrogen) atoms. The van der Waals surface area contributed by atoms with Crippen LogP contribution in [0.3, 0.4) is 0 Å². The Kier molecular flexibility index (Phi) is 3.34. The number of pyridine rings is 1.